The van der Waals surface area contributed by atoms with E-state index in [0.717, 1.165) is 0 Å². The fraction of sp³-hybridized carbons (Fsp3) is 0.462. The Hall–Kier alpha value is -1.61. The second-order valence-electron chi connectivity index (χ2n) is 4.11. The van der Waals surface area contributed by atoms with Crippen LogP contribution in [-0.2, 0) is 0 Å². The molecule has 2 atom stereocenters. The molecule has 1 aromatic rings. The Bertz CT molecular complexity index is 401. The van der Waals surface area contributed by atoms with Gasteiger partial charge in [-0.05, 0) is 25.1 Å². The van der Waals surface area contributed by atoms with E-state index < -0.39 is 12.2 Å². The summed E-state index contributed by atoms with van der Waals surface area (Å²) < 4.78 is 5.36. The van der Waals surface area contributed by atoms with Crippen molar-refractivity contribution in [3.63, 3.8) is 0 Å². The highest BCUT2D eigenvalue weighted by Gasteiger charge is 2.06. The fourth-order valence-electron chi connectivity index (χ4n) is 1.37. The monoisotopic (exact) mass is 250 g/mol. The highest BCUT2D eigenvalue weighted by atomic mass is 16.5. The van der Waals surface area contributed by atoms with Crippen LogP contribution in [0.1, 0.15) is 12.5 Å². The van der Waals surface area contributed by atoms with Gasteiger partial charge >= 0.3 is 0 Å². The average molecular weight is 250 g/mol. The summed E-state index contributed by atoms with van der Waals surface area (Å²) >= 11 is 0. The summed E-state index contributed by atoms with van der Waals surface area (Å²) in [6.45, 7) is 2.59. The smallest absolute Gasteiger partial charge is 0.120 e. The summed E-state index contributed by atoms with van der Waals surface area (Å²) in [5, 5.41) is 30.3. The van der Waals surface area contributed by atoms with Gasteiger partial charge in [0.15, 0.2) is 0 Å². The van der Waals surface area contributed by atoms with Crippen LogP contribution >= 0.6 is 0 Å². The molecule has 98 valence electrons. The van der Waals surface area contributed by atoms with Gasteiger partial charge < -0.3 is 20.3 Å². The van der Waals surface area contributed by atoms with Crippen LogP contribution in [0.15, 0.2) is 24.3 Å². The number of nitrogens with one attached hydrogen (secondary N) is 1. The molecule has 0 aliphatic heterocycles. The molecule has 0 amide bonds. The van der Waals surface area contributed by atoms with Gasteiger partial charge in [0.1, 0.15) is 18.5 Å². The van der Waals surface area contributed by atoms with Crippen LogP contribution < -0.4 is 10.1 Å². The molecule has 2 unspecified atom stereocenters. The quantitative estimate of drug-likeness (QED) is 0.646. The molecule has 0 saturated carbocycles. The third kappa shape index (κ3) is 5.64. The van der Waals surface area contributed by atoms with Crippen LogP contribution in [0.2, 0.25) is 0 Å². The van der Waals surface area contributed by atoms with Gasteiger partial charge in [0.2, 0.25) is 0 Å². The first-order chi connectivity index (χ1) is 8.61. The predicted octanol–water partition coefficient (Wildman–Crippen LogP) is 0.268. The minimum atomic E-state index is -0.658. The van der Waals surface area contributed by atoms with Crippen molar-refractivity contribution < 1.29 is 14.9 Å². The second-order valence-corrected chi connectivity index (χ2v) is 4.11. The molecule has 0 spiro atoms. The second kappa shape index (κ2) is 7.67. The number of nitrogens with zero attached hydrogens (tertiary/aromatic N) is 1. The van der Waals surface area contributed by atoms with Gasteiger partial charge in [-0.15, -0.1) is 0 Å². The van der Waals surface area contributed by atoms with Gasteiger partial charge in [0.05, 0.1) is 17.7 Å². The predicted molar refractivity (Wildman–Crippen MR) is 67.2 cm³/mol. The number of aliphatic hydroxyl groups excluding tert-OH is 2. The first-order valence-electron chi connectivity index (χ1n) is 5.81. The minimum Gasteiger partial charge on any atom is -0.491 e. The molecular formula is C13H18N2O3. The highest BCUT2D eigenvalue weighted by molar-refractivity contribution is 5.36. The van der Waals surface area contributed by atoms with Crippen molar-refractivity contribution in [1.82, 2.24) is 5.32 Å². The minimum absolute atomic E-state index is 0.141. The van der Waals surface area contributed by atoms with E-state index >= 15 is 0 Å². The number of hydrogen-bond donors (Lipinski definition) is 3. The van der Waals surface area contributed by atoms with Crippen molar-refractivity contribution in [3.8, 4) is 11.8 Å². The molecule has 0 bridgehead atoms. The lowest BCUT2D eigenvalue weighted by Gasteiger charge is -2.14. The number of ether oxygens (including phenoxy) is 1. The van der Waals surface area contributed by atoms with Crippen LogP contribution in [-0.4, -0.2) is 42.1 Å². The summed E-state index contributed by atoms with van der Waals surface area (Å²) in [7, 11) is 0. The number of hydrogen-bond acceptors (Lipinski definition) is 5. The molecule has 0 heterocycles. The normalized spacial score (nSPS) is 13.7. The lowest BCUT2D eigenvalue weighted by atomic mass is 10.2. The van der Waals surface area contributed by atoms with Crippen molar-refractivity contribution in [1.29, 1.82) is 5.26 Å². The number of benzene rings is 1. The van der Waals surface area contributed by atoms with Gasteiger partial charge in [-0.1, -0.05) is 6.07 Å². The topological polar surface area (TPSA) is 85.5 Å². The number of aliphatic hydroxyl groups is 2. The van der Waals surface area contributed by atoms with Crippen LogP contribution in [0.25, 0.3) is 0 Å². The van der Waals surface area contributed by atoms with E-state index in [1.54, 1.807) is 31.2 Å². The summed E-state index contributed by atoms with van der Waals surface area (Å²) in [5.41, 5.74) is 0.522. The lowest BCUT2D eigenvalue weighted by Crippen LogP contribution is -2.35. The Morgan fingerprint density at radius 1 is 1.39 bits per heavy atom. The summed E-state index contributed by atoms with van der Waals surface area (Å²) in [4.78, 5) is 0. The van der Waals surface area contributed by atoms with E-state index in [1.807, 2.05) is 6.07 Å². The summed E-state index contributed by atoms with van der Waals surface area (Å²) in [5.74, 6) is 0.559. The molecule has 0 aromatic heterocycles. The Morgan fingerprint density at radius 3 is 2.83 bits per heavy atom. The SMILES string of the molecule is CC(O)CNCC(O)COc1cccc(C#N)c1. The van der Waals surface area contributed by atoms with Crippen LogP contribution in [0.3, 0.4) is 0 Å². The largest absolute Gasteiger partial charge is 0.491 e. The molecule has 5 nitrogen and oxygen atoms in total. The Morgan fingerprint density at radius 2 is 2.17 bits per heavy atom. The van der Waals surface area contributed by atoms with Gasteiger partial charge in [-0.3, -0.25) is 0 Å². The molecular weight excluding hydrogens is 232 g/mol. The Kier molecular flexibility index (Phi) is 6.15. The van der Waals surface area contributed by atoms with Gasteiger partial charge in [-0.25, -0.2) is 0 Å². The molecule has 5 heteroatoms. The van der Waals surface area contributed by atoms with E-state index in [9.17, 15) is 5.11 Å². The standard InChI is InChI=1S/C13H18N2O3/c1-10(16)7-15-8-12(17)9-18-13-4-2-3-11(5-13)6-14/h2-5,10,12,15-17H,7-9H2,1H3. The fourth-order valence-corrected chi connectivity index (χ4v) is 1.37. The zero-order valence-corrected chi connectivity index (χ0v) is 10.3. The van der Waals surface area contributed by atoms with Crippen LogP contribution in [0.5, 0.6) is 5.75 Å². The van der Waals surface area contributed by atoms with Crippen molar-refractivity contribution in [2.45, 2.75) is 19.1 Å². The average Bonchev–Trinajstić information content (AvgIpc) is 2.36. The third-order valence-electron chi connectivity index (χ3n) is 2.23. The molecule has 0 aliphatic rings. The van der Waals surface area contributed by atoms with E-state index in [-0.39, 0.29) is 6.61 Å². The maximum absolute atomic E-state index is 9.62. The molecule has 3 N–H and O–H groups in total. The van der Waals surface area contributed by atoms with Crippen molar-refractivity contribution >= 4 is 0 Å². The summed E-state index contributed by atoms with van der Waals surface area (Å²) in [6, 6.07) is 8.79. The van der Waals surface area contributed by atoms with E-state index in [0.29, 0.717) is 24.4 Å². The number of nitriles is 1. The molecule has 18 heavy (non-hydrogen) atoms. The molecule has 0 fully saturated rings. The van der Waals surface area contributed by atoms with Crippen LogP contribution in [0, 0.1) is 11.3 Å². The van der Waals surface area contributed by atoms with E-state index in [1.165, 1.54) is 0 Å². The highest BCUT2D eigenvalue weighted by Crippen LogP contribution is 2.12. The lowest BCUT2D eigenvalue weighted by molar-refractivity contribution is 0.101. The van der Waals surface area contributed by atoms with Crippen molar-refractivity contribution in [2.24, 2.45) is 0 Å². The first-order valence-corrected chi connectivity index (χ1v) is 5.81. The van der Waals surface area contributed by atoms with Crippen molar-refractivity contribution in [2.75, 3.05) is 19.7 Å². The zero-order chi connectivity index (χ0) is 13.4. The van der Waals surface area contributed by atoms with Gasteiger partial charge in [-0.2, -0.15) is 5.26 Å². The first kappa shape index (κ1) is 14.5. The molecule has 0 radical (unpaired) electrons. The van der Waals surface area contributed by atoms with Gasteiger partial charge in [0.25, 0.3) is 0 Å². The van der Waals surface area contributed by atoms with E-state index in [4.69, 9.17) is 15.1 Å². The van der Waals surface area contributed by atoms with Crippen LogP contribution in [0.4, 0.5) is 0 Å². The molecule has 1 rings (SSSR count). The summed E-state index contributed by atoms with van der Waals surface area (Å²) in [6.07, 6.45) is -1.10. The maximum Gasteiger partial charge on any atom is 0.120 e. The Labute approximate surface area is 107 Å². The molecule has 1 aromatic carbocycles. The Balaban J connectivity index is 2.29. The zero-order valence-electron chi connectivity index (χ0n) is 10.3. The van der Waals surface area contributed by atoms with Crippen molar-refractivity contribution in [3.05, 3.63) is 29.8 Å². The van der Waals surface area contributed by atoms with Gasteiger partial charge in [0, 0.05) is 13.1 Å². The number of rotatable bonds is 7. The maximum atomic E-state index is 9.62. The van der Waals surface area contributed by atoms with E-state index in [2.05, 4.69) is 5.32 Å². The molecule has 0 aliphatic carbocycles. The molecule has 0 saturated heterocycles. The third-order valence-corrected chi connectivity index (χ3v) is 2.23.